The van der Waals surface area contributed by atoms with Gasteiger partial charge in [-0.05, 0) is 18.2 Å². The second kappa shape index (κ2) is 4.48. The number of hydrogen-bond donors (Lipinski definition) is 1. The highest BCUT2D eigenvalue weighted by molar-refractivity contribution is 7.98. The van der Waals surface area contributed by atoms with E-state index in [1.54, 1.807) is 35.2 Å². The molecular weight excluding hydrogens is 214 g/mol. The Hall–Kier alpha value is -1.00. The number of phenolic OH excluding ortho intramolecular Hbond substituents is 1. The summed E-state index contributed by atoms with van der Waals surface area (Å²) < 4.78 is 0. The highest BCUT2D eigenvalue weighted by Crippen LogP contribution is 2.25. The highest BCUT2D eigenvalue weighted by Gasteiger charge is 1.98. The van der Waals surface area contributed by atoms with E-state index in [1.165, 1.54) is 0 Å². The molecule has 72 valence electrons. The molecule has 14 heavy (non-hydrogen) atoms. The molecule has 0 spiro atoms. The summed E-state index contributed by atoms with van der Waals surface area (Å²) in [5.74, 6) is 1.18. The van der Waals surface area contributed by atoms with Gasteiger partial charge in [0.1, 0.15) is 10.8 Å². The zero-order valence-corrected chi connectivity index (χ0v) is 9.02. The number of phenols is 1. The fraction of sp³-hybridized carbons (Fsp3) is 0.100. The molecule has 2 rings (SSSR count). The lowest BCUT2D eigenvalue weighted by Crippen LogP contribution is -1.77. The van der Waals surface area contributed by atoms with Crippen molar-refractivity contribution in [2.75, 3.05) is 0 Å². The van der Waals surface area contributed by atoms with E-state index in [0.29, 0.717) is 5.75 Å². The van der Waals surface area contributed by atoms with E-state index < -0.39 is 0 Å². The molecule has 0 aliphatic carbocycles. The van der Waals surface area contributed by atoms with E-state index in [0.717, 1.165) is 15.7 Å². The maximum atomic E-state index is 9.24. The first kappa shape index (κ1) is 9.55. The largest absolute Gasteiger partial charge is 0.508 e. The van der Waals surface area contributed by atoms with Crippen LogP contribution in [0.4, 0.5) is 0 Å². The zero-order valence-electron chi connectivity index (χ0n) is 7.38. The van der Waals surface area contributed by atoms with Gasteiger partial charge < -0.3 is 5.11 Å². The third-order valence-electron chi connectivity index (χ3n) is 1.66. The first-order valence-corrected chi connectivity index (χ1v) is 6.01. The summed E-state index contributed by atoms with van der Waals surface area (Å²) in [6.07, 6.45) is 1.81. The highest BCUT2D eigenvalue weighted by atomic mass is 32.2. The maximum Gasteiger partial charge on any atom is 0.116 e. The number of thioether (sulfide) groups is 1. The van der Waals surface area contributed by atoms with Crippen LogP contribution in [-0.4, -0.2) is 10.1 Å². The molecule has 0 amide bonds. The molecule has 0 saturated carbocycles. The van der Waals surface area contributed by atoms with Crippen molar-refractivity contribution >= 4 is 23.1 Å². The molecule has 0 fully saturated rings. The number of thiazole rings is 1. The van der Waals surface area contributed by atoms with Gasteiger partial charge in [-0.15, -0.1) is 23.1 Å². The van der Waals surface area contributed by atoms with Gasteiger partial charge in [-0.2, -0.15) is 0 Å². The van der Waals surface area contributed by atoms with Crippen LogP contribution in [0.25, 0.3) is 0 Å². The number of hydrogen-bond acceptors (Lipinski definition) is 4. The lowest BCUT2D eigenvalue weighted by Gasteiger charge is -1.99. The zero-order chi connectivity index (χ0) is 9.80. The van der Waals surface area contributed by atoms with Gasteiger partial charge in [-0.25, -0.2) is 4.98 Å². The van der Waals surface area contributed by atoms with Gasteiger partial charge in [-0.3, -0.25) is 0 Å². The van der Waals surface area contributed by atoms with Crippen molar-refractivity contribution in [1.82, 2.24) is 4.98 Å². The summed E-state index contributed by atoms with van der Waals surface area (Å²) in [5, 5.41) is 12.3. The molecule has 2 aromatic rings. The number of aromatic nitrogens is 1. The quantitative estimate of drug-likeness (QED) is 0.811. The van der Waals surface area contributed by atoms with Crippen LogP contribution in [0.2, 0.25) is 0 Å². The second-order valence-corrected chi connectivity index (χ2v) is 4.74. The van der Waals surface area contributed by atoms with Crippen LogP contribution in [0.1, 0.15) is 5.01 Å². The minimum Gasteiger partial charge on any atom is -0.508 e. The lowest BCUT2D eigenvalue weighted by atomic mass is 10.3. The monoisotopic (exact) mass is 223 g/mol. The first-order valence-electron chi connectivity index (χ1n) is 4.15. The van der Waals surface area contributed by atoms with Crippen molar-refractivity contribution in [3.8, 4) is 5.75 Å². The molecule has 0 saturated heterocycles. The Morgan fingerprint density at radius 3 is 3.07 bits per heavy atom. The minimum absolute atomic E-state index is 0.314. The molecule has 0 aliphatic heterocycles. The van der Waals surface area contributed by atoms with Crippen molar-refractivity contribution in [2.45, 2.75) is 10.6 Å². The number of benzene rings is 1. The summed E-state index contributed by atoms with van der Waals surface area (Å²) in [7, 11) is 0. The molecule has 0 radical (unpaired) electrons. The van der Waals surface area contributed by atoms with Crippen molar-refractivity contribution in [1.29, 1.82) is 0 Å². The molecular formula is C10H9NOS2. The number of nitrogens with zero attached hydrogens (tertiary/aromatic N) is 1. The second-order valence-electron chi connectivity index (χ2n) is 2.71. The van der Waals surface area contributed by atoms with Crippen molar-refractivity contribution in [2.24, 2.45) is 0 Å². The van der Waals surface area contributed by atoms with Crippen molar-refractivity contribution in [3.63, 3.8) is 0 Å². The Bertz CT molecular complexity index is 400. The standard InChI is InChI=1S/C10H9NOS2/c12-8-2-1-3-9(6-8)14-7-10-11-4-5-13-10/h1-6,12H,7H2. The number of aromatic hydroxyl groups is 1. The molecule has 1 heterocycles. The predicted molar refractivity (Wildman–Crippen MR) is 59.8 cm³/mol. The summed E-state index contributed by atoms with van der Waals surface area (Å²) in [5.41, 5.74) is 0. The molecule has 1 N–H and O–H groups in total. The lowest BCUT2D eigenvalue weighted by molar-refractivity contribution is 0.474. The van der Waals surface area contributed by atoms with E-state index in [4.69, 9.17) is 0 Å². The van der Waals surface area contributed by atoms with Gasteiger partial charge in [0.2, 0.25) is 0 Å². The van der Waals surface area contributed by atoms with Gasteiger partial charge in [0.05, 0.1) is 5.75 Å². The van der Waals surface area contributed by atoms with Gasteiger partial charge in [0.15, 0.2) is 0 Å². The van der Waals surface area contributed by atoms with Crippen LogP contribution < -0.4 is 0 Å². The van der Waals surface area contributed by atoms with Crippen molar-refractivity contribution < 1.29 is 5.11 Å². The van der Waals surface area contributed by atoms with E-state index in [2.05, 4.69) is 4.98 Å². The molecule has 2 nitrogen and oxygen atoms in total. The van der Waals surface area contributed by atoms with Crippen molar-refractivity contribution in [3.05, 3.63) is 40.8 Å². The van der Waals surface area contributed by atoms with Crippen LogP contribution in [-0.2, 0) is 5.75 Å². The Morgan fingerprint density at radius 2 is 2.36 bits per heavy atom. The van der Waals surface area contributed by atoms with Crippen LogP contribution in [0.5, 0.6) is 5.75 Å². The minimum atomic E-state index is 0.314. The Labute approximate surface area is 90.6 Å². The van der Waals surface area contributed by atoms with Gasteiger partial charge in [0.25, 0.3) is 0 Å². The molecule has 0 atom stereocenters. The van der Waals surface area contributed by atoms with Gasteiger partial charge >= 0.3 is 0 Å². The number of rotatable bonds is 3. The molecule has 1 aromatic heterocycles. The fourth-order valence-corrected chi connectivity index (χ4v) is 2.64. The summed E-state index contributed by atoms with van der Waals surface area (Å²) in [6.45, 7) is 0. The van der Waals surface area contributed by atoms with Gasteiger partial charge in [-0.1, -0.05) is 6.07 Å². The Kier molecular flexibility index (Phi) is 3.06. The Morgan fingerprint density at radius 1 is 1.43 bits per heavy atom. The van der Waals surface area contributed by atoms with Gasteiger partial charge in [0, 0.05) is 16.5 Å². The molecule has 1 aromatic carbocycles. The first-order chi connectivity index (χ1) is 6.84. The molecule has 4 heteroatoms. The topological polar surface area (TPSA) is 33.1 Å². The van der Waals surface area contributed by atoms with E-state index in [-0.39, 0.29) is 0 Å². The summed E-state index contributed by atoms with van der Waals surface area (Å²) in [6, 6.07) is 7.27. The summed E-state index contributed by atoms with van der Waals surface area (Å²) >= 11 is 3.33. The van der Waals surface area contributed by atoms with Crippen LogP contribution in [0.15, 0.2) is 40.7 Å². The molecule has 0 bridgehead atoms. The third kappa shape index (κ3) is 2.49. The van der Waals surface area contributed by atoms with E-state index in [9.17, 15) is 5.11 Å². The maximum absolute atomic E-state index is 9.24. The molecule has 0 aliphatic rings. The SMILES string of the molecule is Oc1cccc(SCc2nccs2)c1. The normalized spacial score (nSPS) is 10.3. The van der Waals surface area contributed by atoms with Crippen LogP contribution in [0, 0.1) is 0 Å². The third-order valence-corrected chi connectivity index (χ3v) is 3.63. The molecule has 0 unspecified atom stereocenters. The predicted octanol–water partition coefficient (Wildman–Crippen LogP) is 3.14. The van der Waals surface area contributed by atoms with Crippen LogP contribution in [0.3, 0.4) is 0 Å². The van der Waals surface area contributed by atoms with Crippen LogP contribution >= 0.6 is 23.1 Å². The average molecular weight is 223 g/mol. The summed E-state index contributed by atoms with van der Waals surface area (Å²) in [4.78, 5) is 5.26. The smallest absolute Gasteiger partial charge is 0.116 e. The van der Waals surface area contributed by atoms with E-state index >= 15 is 0 Å². The Balaban J connectivity index is 1.98. The van der Waals surface area contributed by atoms with E-state index in [1.807, 2.05) is 23.7 Å². The average Bonchev–Trinajstić information content (AvgIpc) is 2.67. The fourth-order valence-electron chi connectivity index (χ4n) is 1.04.